The van der Waals surface area contributed by atoms with Gasteiger partial charge in [0.05, 0.1) is 11.0 Å². The lowest BCUT2D eigenvalue weighted by Gasteiger charge is -2.08. The van der Waals surface area contributed by atoms with Gasteiger partial charge < -0.3 is 15.0 Å². The number of fused-ring (bicyclic) bond motifs is 1. The number of H-pyrrole nitrogens is 1. The maximum atomic E-state index is 11.8. The molecule has 0 radical (unpaired) electrons. The molecular formula is C16H20ClN3O2. The van der Waals surface area contributed by atoms with Gasteiger partial charge in [-0.25, -0.2) is 4.98 Å². The van der Waals surface area contributed by atoms with E-state index in [1.165, 1.54) is 0 Å². The monoisotopic (exact) mass is 321 g/mol. The Bertz CT molecular complexity index is 650. The van der Waals surface area contributed by atoms with Crippen LogP contribution in [0, 0.1) is 5.92 Å². The number of aryl methyl sites for hydroxylation is 1. The van der Waals surface area contributed by atoms with E-state index in [2.05, 4.69) is 15.3 Å². The Morgan fingerprint density at radius 2 is 2.41 bits per heavy atom. The molecule has 1 saturated heterocycles. The van der Waals surface area contributed by atoms with Crippen LogP contribution in [0.4, 0.5) is 0 Å². The number of benzene rings is 1. The highest BCUT2D eigenvalue weighted by Gasteiger charge is 2.18. The number of aromatic nitrogens is 2. The zero-order valence-corrected chi connectivity index (χ0v) is 13.2. The first-order valence-corrected chi connectivity index (χ1v) is 8.07. The van der Waals surface area contributed by atoms with Crippen LogP contribution in [-0.4, -0.2) is 35.6 Å². The fourth-order valence-corrected chi connectivity index (χ4v) is 2.89. The second-order valence-corrected chi connectivity index (χ2v) is 6.17. The van der Waals surface area contributed by atoms with Crippen molar-refractivity contribution in [2.24, 2.45) is 5.92 Å². The first-order valence-electron chi connectivity index (χ1n) is 7.69. The van der Waals surface area contributed by atoms with Gasteiger partial charge >= 0.3 is 0 Å². The van der Waals surface area contributed by atoms with Gasteiger partial charge in [-0.05, 0) is 37.0 Å². The average Bonchev–Trinajstić information content (AvgIpc) is 3.12. The molecule has 0 aliphatic carbocycles. The minimum absolute atomic E-state index is 0.117. The van der Waals surface area contributed by atoms with Crippen molar-refractivity contribution in [2.45, 2.75) is 25.7 Å². The Morgan fingerprint density at radius 1 is 1.50 bits per heavy atom. The van der Waals surface area contributed by atoms with E-state index in [0.29, 0.717) is 23.9 Å². The lowest BCUT2D eigenvalue weighted by Crippen LogP contribution is -2.27. The number of hydrogen-bond acceptors (Lipinski definition) is 3. The Balaban J connectivity index is 1.41. The molecular weight excluding hydrogens is 302 g/mol. The van der Waals surface area contributed by atoms with Crippen LogP contribution in [0.3, 0.4) is 0 Å². The first kappa shape index (κ1) is 15.3. The third-order valence-electron chi connectivity index (χ3n) is 3.90. The molecule has 1 aromatic heterocycles. The first-order chi connectivity index (χ1) is 10.7. The van der Waals surface area contributed by atoms with Crippen LogP contribution in [0.25, 0.3) is 11.0 Å². The van der Waals surface area contributed by atoms with Crippen molar-refractivity contribution in [3.63, 3.8) is 0 Å². The van der Waals surface area contributed by atoms with Gasteiger partial charge in [-0.3, -0.25) is 4.79 Å². The van der Waals surface area contributed by atoms with Crippen molar-refractivity contribution in [1.29, 1.82) is 0 Å². The molecule has 1 atom stereocenters. The Labute approximate surface area is 134 Å². The minimum Gasteiger partial charge on any atom is -0.381 e. The summed E-state index contributed by atoms with van der Waals surface area (Å²) < 4.78 is 5.28. The van der Waals surface area contributed by atoms with E-state index in [9.17, 15) is 4.79 Å². The normalized spacial score (nSPS) is 18.0. The van der Waals surface area contributed by atoms with E-state index < -0.39 is 0 Å². The summed E-state index contributed by atoms with van der Waals surface area (Å²) in [6.07, 6.45) is 3.23. The number of hydrogen-bond donors (Lipinski definition) is 2. The van der Waals surface area contributed by atoms with E-state index in [1.807, 2.05) is 18.2 Å². The summed E-state index contributed by atoms with van der Waals surface area (Å²) in [5, 5.41) is 3.67. The number of nitrogens with zero attached hydrogens (tertiary/aromatic N) is 1. The van der Waals surface area contributed by atoms with Crippen LogP contribution in [0.15, 0.2) is 18.2 Å². The van der Waals surface area contributed by atoms with E-state index in [1.54, 1.807) is 0 Å². The molecule has 1 unspecified atom stereocenters. The Hall–Kier alpha value is -1.59. The lowest BCUT2D eigenvalue weighted by atomic mass is 10.0. The van der Waals surface area contributed by atoms with Gasteiger partial charge in [0.2, 0.25) is 5.91 Å². The van der Waals surface area contributed by atoms with Crippen LogP contribution in [0.1, 0.15) is 25.1 Å². The third-order valence-corrected chi connectivity index (χ3v) is 4.14. The zero-order chi connectivity index (χ0) is 15.4. The maximum absolute atomic E-state index is 11.8. The Kier molecular flexibility index (Phi) is 4.95. The molecule has 1 fully saturated rings. The lowest BCUT2D eigenvalue weighted by molar-refractivity contribution is -0.122. The molecule has 0 saturated carbocycles. The number of halogens is 1. The maximum Gasteiger partial charge on any atom is 0.220 e. The van der Waals surface area contributed by atoms with Gasteiger partial charge in [0.15, 0.2) is 0 Å². The standard InChI is InChI=1S/C16H20ClN3O2/c17-12-3-4-13-14(9-12)20-15(19-13)2-1-6-18-16(21)8-11-5-7-22-10-11/h3-4,9,11H,1-2,5-8,10H2,(H,18,21)(H,19,20). The van der Waals surface area contributed by atoms with Gasteiger partial charge in [0.25, 0.3) is 0 Å². The quantitative estimate of drug-likeness (QED) is 0.804. The second kappa shape index (κ2) is 7.11. The van der Waals surface area contributed by atoms with E-state index >= 15 is 0 Å². The van der Waals surface area contributed by atoms with Crippen molar-refractivity contribution < 1.29 is 9.53 Å². The van der Waals surface area contributed by atoms with Gasteiger partial charge in [-0.2, -0.15) is 0 Å². The second-order valence-electron chi connectivity index (χ2n) is 5.73. The molecule has 0 spiro atoms. The van der Waals surface area contributed by atoms with Crippen molar-refractivity contribution in [3.8, 4) is 0 Å². The number of imidazole rings is 1. The number of aromatic amines is 1. The molecule has 2 heterocycles. The highest BCUT2D eigenvalue weighted by molar-refractivity contribution is 6.31. The van der Waals surface area contributed by atoms with Crippen molar-refractivity contribution in [3.05, 3.63) is 29.0 Å². The number of ether oxygens (including phenoxy) is 1. The summed E-state index contributed by atoms with van der Waals surface area (Å²) in [4.78, 5) is 19.6. The molecule has 2 N–H and O–H groups in total. The summed E-state index contributed by atoms with van der Waals surface area (Å²) >= 11 is 5.96. The van der Waals surface area contributed by atoms with Gasteiger partial charge in [0, 0.05) is 37.6 Å². The molecule has 1 aromatic carbocycles. The van der Waals surface area contributed by atoms with Crippen LogP contribution < -0.4 is 5.32 Å². The van der Waals surface area contributed by atoms with Crippen molar-refractivity contribution in [2.75, 3.05) is 19.8 Å². The van der Waals surface area contributed by atoms with Crippen LogP contribution in [0.2, 0.25) is 5.02 Å². The zero-order valence-electron chi connectivity index (χ0n) is 12.4. The number of amides is 1. The summed E-state index contributed by atoms with van der Waals surface area (Å²) in [5.74, 6) is 1.43. The number of carbonyl (C=O) groups excluding carboxylic acids is 1. The van der Waals surface area contributed by atoms with E-state index in [-0.39, 0.29) is 5.91 Å². The number of carbonyl (C=O) groups is 1. The number of rotatable bonds is 6. The van der Waals surface area contributed by atoms with E-state index in [0.717, 1.165) is 49.3 Å². The highest BCUT2D eigenvalue weighted by Crippen LogP contribution is 2.18. The molecule has 118 valence electrons. The van der Waals surface area contributed by atoms with Crippen molar-refractivity contribution >= 4 is 28.5 Å². The molecule has 1 aliphatic heterocycles. The molecule has 1 amide bonds. The van der Waals surface area contributed by atoms with E-state index in [4.69, 9.17) is 16.3 Å². The third kappa shape index (κ3) is 3.99. The molecule has 2 aromatic rings. The predicted octanol–water partition coefficient (Wildman–Crippen LogP) is 2.69. The molecule has 1 aliphatic rings. The fourth-order valence-electron chi connectivity index (χ4n) is 2.72. The van der Waals surface area contributed by atoms with Crippen LogP contribution in [-0.2, 0) is 16.0 Å². The summed E-state index contributed by atoms with van der Waals surface area (Å²) in [5.41, 5.74) is 1.87. The summed E-state index contributed by atoms with van der Waals surface area (Å²) in [6.45, 7) is 2.17. The van der Waals surface area contributed by atoms with Gasteiger partial charge in [0.1, 0.15) is 5.82 Å². The minimum atomic E-state index is 0.117. The van der Waals surface area contributed by atoms with Gasteiger partial charge in [-0.15, -0.1) is 0 Å². The topological polar surface area (TPSA) is 67.0 Å². The van der Waals surface area contributed by atoms with Crippen LogP contribution in [0.5, 0.6) is 0 Å². The smallest absolute Gasteiger partial charge is 0.220 e. The highest BCUT2D eigenvalue weighted by atomic mass is 35.5. The summed E-state index contributed by atoms with van der Waals surface area (Å²) in [6, 6.07) is 5.61. The number of nitrogens with one attached hydrogen (secondary N) is 2. The molecule has 22 heavy (non-hydrogen) atoms. The molecule has 3 rings (SSSR count). The van der Waals surface area contributed by atoms with Gasteiger partial charge in [-0.1, -0.05) is 11.6 Å². The molecule has 5 nitrogen and oxygen atoms in total. The van der Waals surface area contributed by atoms with Crippen molar-refractivity contribution in [1.82, 2.24) is 15.3 Å². The van der Waals surface area contributed by atoms with Crippen LogP contribution >= 0.6 is 11.6 Å². The Morgan fingerprint density at radius 3 is 3.23 bits per heavy atom. The predicted molar refractivity (Wildman–Crippen MR) is 86.0 cm³/mol. The summed E-state index contributed by atoms with van der Waals surface area (Å²) in [7, 11) is 0. The SMILES string of the molecule is O=C(CC1CCOC1)NCCCc1nc2ccc(Cl)cc2[nH]1. The largest absolute Gasteiger partial charge is 0.381 e. The average molecular weight is 322 g/mol. The fraction of sp³-hybridized carbons (Fsp3) is 0.500. The molecule has 6 heteroatoms. The molecule has 0 bridgehead atoms.